The van der Waals surface area contributed by atoms with Crippen LogP contribution in [0.3, 0.4) is 0 Å². The Morgan fingerprint density at radius 1 is 1.24 bits per heavy atom. The van der Waals surface area contributed by atoms with Gasteiger partial charge in [-0.3, -0.25) is 0 Å². The van der Waals surface area contributed by atoms with Crippen molar-refractivity contribution in [2.45, 2.75) is 45.8 Å². The van der Waals surface area contributed by atoms with Crippen LogP contribution in [0, 0.1) is 0 Å². The first kappa shape index (κ1) is 19.4. The minimum absolute atomic E-state index is 0.0970. The Hall–Kier alpha value is -1.95. The molecule has 1 aromatic rings. The van der Waals surface area contributed by atoms with Crippen molar-refractivity contribution < 1.29 is 19.0 Å². The molecule has 1 unspecified atom stereocenters. The van der Waals surface area contributed by atoms with Crippen LogP contribution in [0.25, 0.3) is 0 Å². The third-order valence-electron chi connectivity index (χ3n) is 4.63. The molecular formula is C19H30N2O4. The van der Waals surface area contributed by atoms with Crippen LogP contribution in [0.4, 0.5) is 4.79 Å². The number of fused-ring (bicyclic) bond motifs is 1. The molecule has 1 amide bonds. The van der Waals surface area contributed by atoms with E-state index in [1.807, 2.05) is 27.1 Å². The lowest BCUT2D eigenvalue weighted by Crippen LogP contribution is -2.44. The van der Waals surface area contributed by atoms with E-state index < -0.39 is 0 Å². The fraction of sp³-hybridized carbons (Fsp3) is 0.632. The van der Waals surface area contributed by atoms with E-state index in [4.69, 9.17) is 14.2 Å². The van der Waals surface area contributed by atoms with E-state index in [1.54, 1.807) is 19.1 Å². The van der Waals surface area contributed by atoms with Gasteiger partial charge in [-0.25, -0.2) is 4.79 Å². The van der Waals surface area contributed by atoms with Crippen molar-refractivity contribution in [2.75, 3.05) is 34.9 Å². The number of hydrogen-bond donors (Lipinski definition) is 0. The predicted molar refractivity (Wildman–Crippen MR) is 97.3 cm³/mol. The van der Waals surface area contributed by atoms with Crippen molar-refractivity contribution in [1.82, 2.24) is 9.80 Å². The van der Waals surface area contributed by atoms with Gasteiger partial charge in [-0.2, -0.15) is 0 Å². The molecule has 0 N–H and O–H groups in total. The number of rotatable bonds is 6. The highest BCUT2D eigenvalue weighted by atomic mass is 16.6. The molecular weight excluding hydrogens is 320 g/mol. The Balaban J connectivity index is 2.51. The van der Waals surface area contributed by atoms with Crippen molar-refractivity contribution in [3.05, 3.63) is 22.8 Å². The summed E-state index contributed by atoms with van der Waals surface area (Å²) in [4.78, 5) is 16.3. The summed E-state index contributed by atoms with van der Waals surface area (Å²) in [6, 6.07) is 2.12. The lowest BCUT2D eigenvalue weighted by molar-refractivity contribution is 0.0805. The van der Waals surface area contributed by atoms with Crippen LogP contribution in [-0.2, 0) is 24.2 Å². The summed E-state index contributed by atoms with van der Waals surface area (Å²) in [7, 11) is 7.44. The standard InChI is InChI=1S/C19H30N2O4/c1-7-14-10-15-16(12-21(14)19(22)25-8-2)17(23-5)9-13(11-20(3)4)18(15)24-6/h9,14H,7-8,10-12H2,1-6H3. The van der Waals surface area contributed by atoms with Crippen LogP contribution < -0.4 is 9.47 Å². The summed E-state index contributed by atoms with van der Waals surface area (Å²) in [6.07, 6.45) is 1.34. The molecule has 1 aromatic carbocycles. The van der Waals surface area contributed by atoms with Crippen LogP contribution in [0.1, 0.15) is 37.0 Å². The lowest BCUT2D eigenvalue weighted by atomic mass is 9.89. The van der Waals surface area contributed by atoms with Crippen LogP contribution in [0.2, 0.25) is 0 Å². The van der Waals surface area contributed by atoms with Gasteiger partial charge in [-0.05, 0) is 39.9 Å². The number of benzene rings is 1. The van der Waals surface area contributed by atoms with Crippen molar-refractivity contribution in [3.8, 4) is 11.5 Å². The minimum atomic E-state index is -0.265. The van der Waals surface area contributed by atoms with Gasteiger partial charge in [0.2, 0.25) is 0 Å². The molecule has 1 heterocycles. The molecule has 0 saturated heterocycles. The van der Waals surface area contributed by atoms with E-state index in [1.165, 1.54) is 0 Å². The first-order valence-corrected chi connectivity index (χ1v) is 8.80. The smallest absolute Gasteiger partial charge is 0.410 e. The average molecular weight is 350 g/mol. The molecule has 6 nitrogen and oxygen atoms in total. The first-order valence-electron chi connectivity index (χ1n) is 8.80. The zero-order chi connectivity index (χ0) is 18.6. The number of carbonyl (C=O) groups excluding carboxylic acids is 1. The number of nitrogens with zero attached hydrogens (tertiary/aromatic N) is 2. The van der Waals surface area contributed by atoms with E-state index in [9.17, 15) is 4.79 Å². The van der Waals surface area contributed by atoms with Crippen LogP contribution in [0.15, 0.2) is 6.07 Å². The zero-order valence-electron chi connectivity index (χ0n) is 16.2. The summed E-state index contributed by atoms with van der Waals surface area (Å²) in [5.41, 5.74) is 3.26. The maximum Gasteiger partial charge on any atom is 0.410 e. The molecule has 0 saturated carbocycles. The number of amides is 1. The number of carbonyl (C=O) groups is 1. The first-order chi connectivity index (χ1) is 12.0. The summed E-state index contributed by atoms with van der Waals surface area (Å²) >= 11 is 0. The van der Waals surface area contributed by atoms with E-state index in [2.05, 4.69) is 11.8 Å². The van der Waals surface area contributed by atoms with Gasteiger partial charge in [0, 0.05) is 29.3 Å². The molecule has 0 bridgehead atoms. The van der Waals surface area contributed by atoms with Crippen LogP contribution >= 0.6 is 0 Å². The molecule has 6 heteroatoms. The minimum Gasteiger partial charge on any atom is -0.496 e. The SMILES string of the molecule is CCOC(=O)N1Cc2c(OC)cc(CN(C)C)c(OC)c2CC1CC. The Labute approximate surface area is 150 Å². The average Bonchev–Trinajstić information content (AvgIpc) is 2.59. The Morgan fingerprint density at radius 2 is 1.96 bits per heavy atom. The fourth-order valence-corrected chi connectivity index (χ4v) is 3.50. The second-order valence-electron chi connectivity index (χ2n) is 6.56. The van der Waals surface area contributed by atoms with Gasteiger partial charge in [-0.15, -0.1) is 0 Å². The maximum absolute atomic E-state index is 12.4. The highest BCUT2D eigenvalue weighted by molar-refractivity contribution is 5.70. The number of hydrogen-bond acceptors (Lipinski definition) is 5. The Kier molecular flexibility index (Phi) is 6.53. The molecule has 0 fully saturated rings. The predicted octanol–water partition coefficient (Wildman–Crippen LogP) is 3.06. The van der Waals surface area contributed by atoms with E-state index in [-0.39, 0.29) is 12.1 Å². The summed E-state index contributed by atoms with van der Waals surface area (Å²) < 4.78 is 16.6. The van der Waals surface area contributed by atoms with Gasteiger partial charge in [0.1, 0.15) is 11.5 Å². The van der Waals surface area contributed by atoms with Crippen molar-refractivity contribution in [2.24, 2.45) is 0 Å². The van der Waals surface area contributed by atoms with E-state index in [0.29, 0.717) is 13.2 Å². The van der Waals surface area contributed by atoms with Crippen molar-refractivity contribution >= 4 is 6.09 Å². The third-order valence-corrected chi connectivity index (χ3v) is 4.63. The summed E-state index contributed by atoms with van der Waals surface area (Å²) in [6.45, 7) is 5.55. The topological polar surface area (TPSA) is 51.2 Å². The highest BCUT2D eigenvalue weighted by Crippen LogP contribution is 2.40. The zero-order valence-corrected chi connectivity index (χ0v) is 16.2. The van der Waals surface area contributed by atoms with E-state index in [0.717, 1.165) is 47.6 Å². The molecule has 0 radical (unpaired) electrons. The molecule has 25 heavy (non-hydrogen) atoms. The van der Waals surface area contributed by atoms with Gasteiger partial charge in [0.25, 0.3) is 0 Å². The van der Waals surface area contributed by atoms with Gasteiger partial charge >= 0.3 is 6.09 Å². The quantitative estimate of drug-likeness (QED) is 0.789. The summed E-state index contributed by atoms with van der Waals surface area (Å²) in [5.74, 6) is 1.71. The van der Waals surface area contributed by atoms with Crippen molar-refractivity contribution in [3.63, 3.8) is 0 Å². The normalized spacial score (nSPS) is 16.6. The van der Waals surface area contributed by atoms with Gasteiger partial charge in [-0.1, -0.05) is 6.92 Å². The van der Waals surface area contributed by atoms with Gasteiger partial charge < -0.3 is 24.0 Å². The molecule has 0 aliphatic carbocycles. The van der Waals surface area contributed by atoms with Crippen LogP contribution in [-0.4, -0.2) is 56.9 Å². The second-order valence-corrected chi connectivity index (χ2v) is 6.56. The van der Waals surface area contributed by atoms with Crippen LogP contribution in [0.5, 0.6) is 11.5 Å². The fourth-order valence-electron chi connectivity index (χ4n) is 3.50. The third kappa shape index (κ3) is 4.00. The second kappa shape index (κ2) is 8.43. The maximum atomic E-state index is 12.4. The molecule has 1 atom stereocenters. The number of methoxy groups -OCH3 is 2. The van der Waals surface area contributed by atoms with E-state index >= 15 is 0 Å². The molecule has 2 rings (SSSR count). The van der Waals surface area contributed by atoms with Crippen molar-refractivity contribution in [1.29, 1.82) is 0 Å². The largest absolute Gasteiger partial charge is 0.496 e. The molecule has 1 aliphatic heterocycles. The molecule has 140 valence electrons. The van der Waals surface area contributed by atoms with Gasteiger partial charge in [0.05, 0.1) is 27.4 Å². The molecule has 0 spiro atoms. The highest BCUT2D eigenvalue weighted by Gasteiger charge is 2.34. The molecule has 1 aliphatic rings. The Bertz CT molecular complexity index is 616. The molecule has 0 aromatic heterocycles. The lowest BCUT2D eigenvalue weighted by Gasteiger charge is -2.37. The summed E-state index contributed by atoms with van der Waals surface area (Å²) in [5, 5.41) is 0. The van der Waals surface area contributed by atoms with Gasteiger partial charge in [0.15, 0.2) is 0 Å². The Morgan fingerprint density at radius 3 is 2.48 bits per heavy atom. The number of ether oxygens (including phenoxy) is 3. The monoisotopic (exact) mass is 350 g/mol.